The number of hydrogen-bond acceptors (Lipinski definition) is 9. The molecule has 3 N–H and O–H groups in total. The van der Waals surface area contributed by atoms with E-state index in [2.05, 4.69) is 30.8 Å². The number of ether oxygens (including phenoxy) is 3. The van der Waals surface area contributed by atoms with Gasteiger partial charge in [0.2, 0.25) is 5.95 Å². The van der Waals surface area contributed by atoms with Gasteiger partial charge in [0, 0.05) is 38.4 Å². The van der Waals surface area contributed by atoms with Crippen molar-refractivity contribution in [3.05, 3.63) is 59.3 Å². The Kier molecular flexibility index (Phi) is 8.61. The predicted octanol–water partition coefficient (Wildman–Crippen LogP) is 6.32. The summed E-state index contributed by atoms with van der Waals surface area (Å²) in [5.74, 6) is 2.03. The molecule has 4 aliphatic carbocycles. The Morgan fingerprint density at radius 3 is 2.50 bits per heavy atom. The normalized spacial score (nSPS) is 26.6. The summed E-state index contributed by atoms with van der Waals surface area (Å²) in [6.45, 7) is 5.32. The third kappa shape index (κ3) is 6.25. The Morgan fingerprint density at radius 2 is 1.81 bits per heavy atom. The van der Waals surface area contributed by atoms with E-state index in [9.17, 15) is 18.0 Å². The van der Waals surface area contributed by atoms with Crippen molar-refractivity contribution in [3.63, 3.8) is 0 Å². The lowest BCUT2D eigenvalue weighted by molar-refractivity contribution is -0.156. The van der Waals surface area contributed by atoms with Crippen LogP contribution in [0, 0.1) is 24.7 Å². The van der Waals surface area contributed by atoms with Crippen LogP contribution in [0.4, 0.5) is 36.3 Å². The van der Waals surface area contributed by atoms with E-state index in [1.54, 1.807) is 25.1 Å². The molecule has 13 heteroatoms. The first kappa shape index (κ1) is 32.4. The van der Waals surface area contributed by atoms with Crippen LogP contribution in [0.2, 0.25) is 0 Å². The Morgan fingerprint density at radius 1 is 1.06 bits per heavy atom. The molecule has 2 atom stereocenters. The number of morpholine rings is 1. The molecular formula is C35H41F3N6O4. The molecule has 256 valence electrons. The zero-order chi connectivity index (χ0) is 33.6. The van der Waals surface area contributed by atoms with Gasteiger partial charge in [0.1, 0.15) is 28.5 Å². The van der Waals surface area contributed by atoms with Gasteiger partial charge in [-0.3, -0.25) is 9.69 Å². The number of aryl methyl sites for hydroxylation is 1. The number of carbonyl (C=O) groups is 1. The van der Waals surface area contributed by atoms with Crippen molar-refractivity contribution >= 4 is 29.0 Å². The van der Waals surface area contributed by atoms with Gasteiger partial charge in [-0.2, -0.15) is 18.2 Å². The number of halogens is 3. The van der Waals surface area contributed by atoms with Gasteiger partial charge in [0.05, 0.1) is 37.3 Å². The van der Waals surface area contributed by atoms with Gasteiger partial charge in [0.15, 0.2) is 0 Å². The number of nitrogens with zero attached hydrogens (tertiary/aromatic N) is 3. The Balaban J connectivity index is 1.11. The first-order valence-electron chi connectivity index (χ1n) is 16.5. The van der Waals surface area contributed by atoms with Gasteiger partial charge >= 0.3 is 6.18 Å². The molecule has 0 spiro atoms. The van der Waals surface area contributed by atoms with E-state index >= 15 is 0 Å². The molecule has 2 aromatic carbocycles. The highest BCUT2D eigenvalue weighted by Crippen LogP contribution is 2.58. The maximum absolute atomic E-state index is 14.1. The molecule has 5 aliphatic rings. The second-order valence-electron chi connectivity index (χ2n) is 13.5. The van der Waals surface area contributed by atoms with Crippen LogP contribution < -0.4 is 25.4 Å². The summed E-state index contributed by atoms with van der Waals surface area (Å²) in [7, 11) is 2.98. The van der Waals surface area contributed by atoms with E-state index in [-0.39, 0.29) is 22.8 Å². The highest BCUT2D eigenvalue weighted by Gasteiger charge is 2.58. The predicted molar refractivity (Wildman–Crippen MR) is 174 cm³/mol. The van der Waals surface area contributed by atoms with E-state index in [4.69, 9.17) is 14.2 Å². The lowest BCUT2D eigenvalue weighted by Crippen LogP contribution is -2.64. The van der Waals surface area contributed by atoms with E-state index < -0.39 is 23.5 Å². The second-order valence-corrected chi connectivity index (χ2v) is 13.5. The summed E-state index contributed by atoms with van der Waals surface area (Å²) < 4.78 is 60.3. The molecule has 2 heterocycles. The van der Waals surface area contributed by atoms with Crippen molar-refractivity contribution in [2.45, 2.75) is 56.8 Å². The summed E-state index contributed by atoms with van der Waals surface area (Å²) in [6.07, 6.45) is 1.61. The number of amides is 1. The maximum Gasteiger partial charge on any atom is 0.421 e. The van der Waals surface area contributed by atoms with Crippen molar-refractivity contribution in [1.82, 2.24) is 20.2 Å². The number of aromatic nitrogens is 2. The highest BCUT2D eigenvalue weighted by atomic mass is 19.4. The fourth-order valence-corrected chi connectivity index (χ4v) is 8.75. The van der Waals surface area contributed by atoms with Crippen LogP contribution in [0.15, 0.2) is 42.6 Å². The number of rotatable bonds is 9. The SMILES string of the molecule is CNC(=O)c1cccc(C)c1Nc1nc(Nc2ccc(OC34CC5CC(C3)C(N3CCOCC3)C(C5)C4)cc2OC)ncc1C(F)(F)F. The number of hydrogen-bond donors (Lipinski definition) is 3. The molecule has 4 saturated carbocycles. The third-order valence-electron chi connectivity index (χ3n) is 10.5. The molecule has 10 nitrogen and oxygen atoms in total. The van der Waals surface area contributed by atoms with Gasteiger partial charge in [-0.15, -0.1) is 0 Å². The molecule has 8 rings (SSSR count). The largest absolute Gasteiger partial charge is 0.494 e. The number of anilines is 4. The number of benzene rings is 2. The highest BCUT2D eigenvalue weighted by molar-refractivity contribution is 6.00. The number of para-hydroxylation sites is 1. The second kappa shape index (κ2) is 12.7. The van der Waals surface area contributed by atoms with Crippen LogP contribution in [-0.2, 0) is 10.9 Å². The first-order chi connectivity index (χ1) is 23.1. The molecule has 5 fully saturated rings. The molecular weight excluding hydrogens is 625 g/mol. The van der Waals surface area contributed by atoms with E-state index in [0.717, 1.165) is 51.8 Å². The molecule has 1 amide bonds. The Bertz CT molecular complexity index is 1660. The smallest absolute Gasteiger partial charge is 0.421 e. The van der Waals surface area contributed by atoms with Crippen molar-refractivity contribution in [2.24, 2.45) is 17.8 Å². The Labute approximate surface area is 277 Å². The summed E-state index contributed by atoms with van der Waals surface area (Å²) in [6, 6.07) is 10.9. The number of methoxy groups -OCH3 is 1. The van der Waals surface area contributed by atoms with E-state index in [0.29, 0.717) is 46.5 Å². The Hall–Kier alpha value is -4.10. The van der Waals surface area contributed by atoms with Crippen LogP contribution in [0.5, 0.6) is 11.5 Å². The van der Waals surface area contributed by atoms with E-state index in [1.165, 1.54) is 33.1 Å². The van der Waals surface area contributed by atoms with Crippen molar-refractivity contribution < 1.29 is 32.2 Å². The summed E-state index contributed by atoms with van der Waals surface area (Å²) >= 11 is 0. The minimum Gasteiger partial charge on any atom is -0.494 e. The molecule has 2 unspecified atom stereocenters. The van der Waals surface area contributed by atoms with Gasteiger partial charge in [0.25, 0.3) is 5.91 Å². The third-order valence-corrected chi connectivity index (χ3v) is 10.5. The van der Waals surface area contributed by atoms with Gasteiger partial charge < -0.3 is 30.2 Å². The number of alkyl halides is 3. The maximum atomic E-state index is 14.1. The zero-order valence-corrected chi connectivity index (χ0v) is 27.3. The first-order valence-corrected chi connectivity index (χ1v) is 16.5. The summed E-state index contributed by atoms with van der Waals surface area (Å²) in [4.78, 5) is 23.3. The van der Waals surface area contributed by atoms with Gasteiger partial charge in [-0.1, -0.05) is 12.1 Å². The molecule has 48 heavy (non-hydrogen) atoms. The van der Waals surface area contributed by atoms with Gasteiger partial charge in [-0.05, 0) is 80.5 Å². The molecule has 1 saturated heterocycles. The molecule has 0 radical (unpaired) electrons. The standard InChI is InChI=1S/C35H41F3N6O4/c1-20-5-4-6-25(32(45)39-2)29(20)42-31-26(35(36,37)38)19-40-33(43-31)41-27-8-7-24(15-28(27)46-3)48-34-16-21-13-22(17-34)30(23(14-21)18-34)44-9-11-47-12-10-44/h4-8,15,19,21-23,30H,9-14,16-18H2,1-3H3,(H,39,45)(H2,40,41,42,43). The van der Waals surface area contributed by atoms with Crippen molar-refractivity contribution in [2.75, 3.05) is 51.1 Å². The quantitative estimate of drug-likeness (QED) is 0.242. The molecule has 1 aliphatic heterocycles. The minimum atomic E-state index is -4.74. The molecule has 1 aromatic heterocycles. The fourth-order valence-electron chi connectivity index (χ4n) is 8.75. The van der Waals surface area contributed by atoms with Crippen molar-refractivity contribution in [1.29, 1.82) is 0 Å². The van der Waals surface area contributed by atoms with Crippen LogP contribution in [0.25, 0.3) is 0 Å². The monoisotopic (exact) mass is 666 g/mol. The number of carbonyl (C=O) groups excluding carboxylic acids is 1. The van der Waals surface area contributed by atoms with E-state index in [1.807, 2.05) is 12.1 Å². The lowest BCUT2D eigenvalue weighted by atomic mass is 9.51. The zero-order valence-electron chi connectivity index (χ0n) is 27.3. The molecule has 4 bridgehead atoms. The molecule has 3 aromatic rings. The van der Waals surface area contributed by atoms with Crippen molar-refractivity contribution in [3.8, 4) is 11.5 Å². The minimum absolute atomic E-state index is 0.0808. The lowest BCUT2D eigenvalue weighted by Gasteiger charge is -2.61. The topological polar surface area (TPSA) is 110 Å². The van der Waals surface area contributed by atoms with Crippen LogP contribution in [0.1, 0.15) is 53.6 Å². The van der Waals surface area contributed by atoms with Crippen LogP contribution >= 0.6 is 0 Å². The van der Waals surface area contributed by atoms with Crippen LogP contribution in [-0.4, -0.2) is 72.9 Å². The number of nitrogens with one attached hydrogen (secondary N) is 3. The summed E-state index contributed by atoms with van der Waals surface area (Å²) in [5, 5.41) is 8.29. The summed E-state index contributed by atoms with van der Waals surface area (Å²) in [5.41, 5.74) is 0.167. The van der Waals surface area contributed by atoms with Crippen LogP contribution in [0.3, 0.4) is 0 Å². The average Bonchev–Trinajstić information content (AvgIpc) is 3.05. The fraction of sp³-hybridized carbons (Fsp3) is 0.514. The average molecular weight is 667 g/mol. The van der Waals surface area contributed by atoms with Gasteiger partial charge in [-0.25, -0.2) is 4.98 Å².